The number of fused-ring (bicyclic) bond motifs is 1. The molecule has 0 spiro atoms. The largest absolute Gasteiger partial charge is 0.508 e. The average Bonchev–Trinajstić information content (AvgIpc) is 2.38. The molecule has 96 valence electrons. The van der Waals surface area contributed by atoms with Crippen LogP contribution in [0.5, 0.6) is 5.75 Å². The van der Waals surface area contributed by atoms with Crippen LogP contribution in [-0.2, 0) is 0 Å². The van der Waals surface area contributed by atoms with Crippen molar-refractivity contribution in [3.05, 3.63) is 42.0 Å². The van der Waals surface area contributed by atoms with Gasteiger partial charge in [-0.15, -0.1) is 0 Å². The zero-order valence-corrected chi connectivity index (χ0v) is 9.95. The van der Waals surface area contributed by atoms with E-state index in [0.717, 1.165) is 10.8 Å². The van der Waals surface area contributed by atoms with Gasteiger partial charge in [0.2, 0.25) is 0 Å². The van der Waals surface area contributed by atoms with Crippen molar-refractivity contribution in [3.63, 3.8) is 0 Å². The highest BCUT2D eigenvalue weighted by Gasteiger charge is 2.22. The third kappa shape index (κ3) is 2.31. The van der Waals surface area contributed by atoms with Crippen molar-refractivity contribution in [1.29, 1.82) is 0 Å². The van der Waals surface area contributed by atoms with E-state index in [1.807, 2.05) is 24.3 Å². The van der Waals surface area contributed by atoms with Crippen molar-refractivity contribution in [2.45, 2.75) is 18.6 Å². The molecule has 2 aromatic carbocycles. The van der Waals surface area contributed by atoms with Gasteiger partial charge in [0.05, 0.1) is 6.10 Å². The van der Waals surface area contributed by atoms with Crippen LogP contribution in [0.1, 0.15) is 18.1 Å². The van der Waals surface area contributed by atoms with E-state index < -0.39 is 12.2 Å². The maximum absolute atomic E-state index is 10.1. The molecular weight excluding hydrogens is 230 g/mol. The quantitative estimate of drug-likeness (QED) is 0.655. The number of benzene rings is 2. The Hall–Kier alpha value is -1.62. The molecule has 0 aliphatic carbocycles. The van der Waals surface area contributed by atoms with E-state index in [9.17, 15) is 15.3 Å². The fourth-order valence-electron chi connectivity index (χ4n) is 2.12. The molecule has 0 heterocycles. The number of phenolic OH excluding ortho intramolecular Hbond substituents is 1. The van der Waals surface area contributed by atoms with Gasteiger partial charge in [0.25, 0.3) is 0 Å². The van der Waals surface area contributed by atoms with Crippen LogP contribution in [0.4, 0.5) is 0 Å². The molecule has 2 rings (SSSR count). The third-order valence-corrected chi connectivity index (χ3v) is 3.07. The van der Waals surface area contributed by atoms with Gasteiger partial charge in [-0.1, -0.05) is 30.3 Å². The average molecular weight is 247 g/mol. The first-order chi connectivity index (χ1) is 8.65. The lowest BCUT2D eigenvalue weighted by atomic mass is 9.95. The summed E-state index contributed by atoms with van der Waals surface area (Å²) in [4.78, 5) is 0. The Morgan fingerprint density at radius 1 is 1.06 bits per heavy atom. The zero-order chi connectivity index (χ0) is 13.1. The van der Waals surface area contributed by atoms with E-state index >= 15 is 0 Å². The molecule has 2 unspecified atom stereocenters. The van der Waals surface area contributed by atoms with E-state index in [1.165, 1.54) is 6.07 Å². The molecule has 4 nitrogen and oxygen atoms in total. The molecule has 2 aromatic rings. The minimum atomic E-state index is -1.14. The van der Waals surface area contributed by atoms with Crippen molar-refractivity contribution in [1.82, 2.24) is 0 Å². The Balaban J connectivity index is 2.51. The molecule has 0 radical (unpaired) electrons. The summed E-state index contributed by atoms with van der Waals surface area (Å²) in [6, 6.07) is 10.7. The second-order valence-corrected chi connectivity index (χ2v) is 4.31. The highest BCUT2D eigenvalue weighted by Crippen LogP contribution is 2.34. The first-order valence-corrected chi connectivity index (χ1v) is 5.92. The molecule has 18 heavy (non-hydrogen) atoms. The molecule has 0 saturated heterocycles. The van der Waals surface area contributed by atoms with E-state index in [4.69, 9.17) is 5.73 Å². The lowest BCUT2D eigenvalue weighted by Crippen LogP contribution is -2.22. The Labute approximate surface area is 105 Å². The predicted molar refractivity (Wildman–Crippen MR) is 70.3 cm³/mol. The summed E-state index contributed by atoms with van der Waals surface area (Å²) >= 11 is 0. The maximum Gasteiger partial charge on any atom is 0.122 e. The molecule has 0 bridgehead atoms. The Bertz CT molecular complexity index is 542. The van der Waals surface area contributed by atoms with Gasteiger partial charge in [0, 0.05) is 5.56 Å². The Kier molecular flexibility index (Phi) is 3.81. The smallest absolute Gasteiger partial charge is 0.122 e. The van der Waals surface area contributed by atoms with Crippen LogP contribution in [0.2, 0.25) is 0 Å². The number of rotatable bonds is 4. The second-order valence-electron chi connectivity index (χ2n) is 4.31. The van der Waals surface area contributed by atoms with E-state index in [1.54, 1.807) is 6.07 Å². The SMILES string of the molecule is NCCC(O)C(O)c1c(O)ccc2ccccc12. The Morgan fingerprint density at radius 3 is 2.50 bits per heavy atom. The van der Waals surface area contributed by atoms with Crippen LogP contribution >= 0.6 is 0 Å². The van der Waals surface area contributed by atoms with Crippen molar-refractivity contribution < 1.29 is 15.3 Å². The van der Waals surface area contributed by atoms with Crippen LogP contribution < -0.4 is 5.73 Å². The number of hydrogen-bond acceptors (Lipinski definition) is 4. The molecular formula is C14H17NO3. The molecule has 0 aliphatic rings. The van der Waals surface area contributed by atoms with Crippen LogP contribution in [0.15, 0.2) is 36.4 Å². The summed E-state index contributed by atoms with van der Waals surface area (Å²) in [6.07, 6.45) is -1.84. The number of phenols is 1. The summed E-state index contributed by atoms with van der Waals surface area (Å²) in [5, 5.41) is 31.5. The number of aromatic hydroxyl groups is 1. The summed E-state index contributed by atoms with van der Waals surface area (Å²) in [5.74, 6) is -0.0164. The zero-order valence-electron chi connectivity index (χ0n) is 9.95. The summed E-state index contributed by atoms with van der Waals surface area (Å²) in [6.45, 7) is 0.282. The van der Waals surface area contributed by atoms with Crippen LogP contribution in [0.25, 0.3) is 10.8 Å². The summed E-state index contributed by atoms with van der Waals surface area (Å²) in [5.41, 5.74) is 5.72. The summed E-state index contributed by atoms with van der Waals surface area (Å²) < 4.78 is 0. The molecule has 0 aliphatic heterocycles. The highest BCUT2D eigenvalue weighted by molar-refractivity contribution is 5.88. The normalized spacial score (nSPS) is 14.6. The first-order valence-electron chi connectivity index (χ1n) is 5.92. The van der Waals surface area contributed by atoms with Crippen molar-refractivity contribution in [3.8, 4) is 5.75 Å². The van der Waals surface area contributed by atoms with Gasteiger partial charge in [-0.2, -0.15) is 0 Å². The van der Waals surface area contributed by atoms with E-state index in [0.29, 0.717) is 5.56 Å². The fourth-order valence-corrected chi connectivity index (χ4v) is 2.12. The second kappa shape index (κ2) is 5.35. The van der Waals surface area contributed by atoms with Gasteiger partial charge in [-0.25, -0.2) is 0 Å². The van der Waals surface area contributed by atoms with Crippen LogP contribution in [0.3, 0.4) is 0 Å². The lowest BCUT2D eigenvalue weighted by Gasteiger charge is -2.20. The molecule has 5 N–H and O–H groups in total. The monoisotopic (exact) mass is 247 g/mol. The minimum Gasteiger partial charge on any atom is -0.508 e. The number of nitrogens with two attached hydrogens (primary N) is 1. The first kappa shape index (κ1) is 12.8. The van der Waals surface area contributed by atoms with Gasteiger partial charge in [-0.3, -0.25) is 0 Å². The number of aliphatic hydroxyl groups is 2. The molecule has 0 aromatic heterocycles. The summed E-state index contributed by atoms with van der Waals surface area (Å²) in [7, 11) is 0. The minimum absolute atomic E-state index is 0.0164. The predicted octanol–water partition coefficient (Wildman–Crippen LogP) is 1.29. The van der Waals surface area contributed by atoms with Crippen molar-refractivity contribution in [2.24, 2.45) is 5.73 Å². The molecule has 2 atom stereocenters. The van der Waals surface area contributed by atoms with E-state index in [-0.39, 0.29) is 18.7 Å². The van der Waals surface area contributed by atoms with Gasteiger partial charge in [-0.05, 0) is 29.8 Å². The van der Waals surface area contributed by atoms with Crippen LogP contribution in [-0.4, -0.2) is 28.0 Å². The standard InChI is InChI=1S/C14H17NO3/c15-8-7-12(17)14(18)13-10-4-2-1-3-9(10)5-6-11(13)16/h1-6,12,14,16-18H,7-8,15H2. The fraction of sp³-hybridized carbons (Fsp3) is 0.286. The molecule has 4 heteroatoms. The molecule has 0 amide bonds. The van der Waals surface area contributed by atoms with Crippen LogP contribution in [0, 0.1) is 0 Å². The highest BCUT2D eigenvalue weighted by atomic mass is 16.3. The maximum atomic E-state index is 10.1. The molecule has 0 saturated carbocycles. The topological polar surface area (TPSA) is 86.7 Å². The van der Waals surface area contributed by atoms with E-state index in [2.05, 4.69) is 0 Å². The van der Waals surface area contributed by atoms with Gasteiger partial charge in [0.15, 0.2) is 0 Å². The van der Waals surface area contributed by atoms with Gasteiger partial charge < -0.3 is 21.1 Å². The Morgan fingerprint density at radius 2 is 1.78 bits per heavy atom. The van der Waals surface area contributed by atoms with Crippen molar-refractivity contribution in [2.75, 3.05) is 6.54 Å². The van der Waals surface area contributed by atoms with Gasteiger partial charge in [0.1, 0.15) is 11.9 Å². The number of hydrogen-bond donors (Lipinski definition) is 4. The third-order valence-electron chi connectivity index (χ3n) is 3.07. The lowest BCUT2D eigenvalue weighted by molar-refractivity contribution is 0.0146. The number of aliphatic hydroxyl groups excluding tert-OH is 2. The molecule has 0 fully saturated rings. The van der Waals surface area contributed by atoms with Crippen molar-refractivity contribution >= 4 is 10.8 Å². The van der Waals surface area contributed by atoms with Gasteiger partial charge >= 0.3 is 0 Å².